The van der Waals surface area contributed by atoms with Crippen LogP contribution in [0.3, 0.4) is 0 Å². The molecule has 0 fully saturated rings. The maximum absolute atomic E-state index is 11.4. The minimum atomic E-state index is -3.42. The summed E-state index contributed by atoms with van der Waals surface area (Å²) >= 11 is 0. The Labute approximate surface area is 91.2 Å². The van der Waals surface area contributed by atoms with Crippen LogP contribution in [0.25, 0.3) is 0 Å². The zero-order chi connectivity index (χ0) is 11.1. The van der Waals surface area contributed by atoms with Crippen LogP contribution in [0.15, 0.2) is 24.3 Å². The highest BCUT2D eigenvalue weighted by molar-refractivity contribution is 7.87. The minimum absolute atomic E-state index is 0.0828. The quantitative estimate of drug-likeness (QED) is 0.553. The van der Waals surface area contributed by atoms with Gasteiger partial charge in [-0.3, -0.25) is 0 Å². The van der Waals surface area contributed by atoms with Gasteiger partial charge in [0.05, 0.1) is 5.75 Å². The van der Waals surface area contributed by atoms with E-state index in [0.29, 0.717) is 12.2 Å². The molecule has 0 N–H and O–H groups in total. The lowest BCUT2D eigenvalue weighted by Gasteiger charge is -2.05. The number of hydrogen-bond donors (Lipinski definition) is 0. The van der Waals surface area contributed by atoms with Crippen LogP contribution < -0.4 is 4.18 Å². The fourth-order valence-electron chi connectivity index (χ4n) is 1.14. The molecule has 1 aromatic rings. The van der Waals surface area contributed by atoms with Gasteiger partial charge in [0.2, 0.25) is 0 Å². The van der Waals surface area contributed by atoms with E-state index in [1.54, 1.807) is 24.3 Å². The van der Waals surface area contributed by atoms with Crippen molar-refractivity contribution in [1.82, 2.24) is 0 Å². The van der Waals surface area contributed by atoms with Crippen molar-refractivity contribution < 1.29 is 12.6 Å². The molecule has 0 atom stereocenters. The molecule has 0 unspecified atom stereocenters. The van der Waals surface area contributed by atoms with Crippen molar-refractivity contribution in [2.24, 2.45) is 0 Å². The lowest BCUT2D eigenvalue weighted by molar-refractivity contribution is 0.483. The fourth-order valence-corrected chi connectivity index (χ4v) is 2.19. The topological polar surface area (TPSA) is 43.4 Å². The summed E-state index contributed by atoms with van der Waals surface area (Å²) in [5.41, 5.74) is 0. The van der Waals surface area contributed by atoms with Gasteiger partial charge in [-0.2, -0.15) is 8.42 Å². The summed E-state index contributed by atoms with van der Waals surface area (Å²) in [4.78, 5) is 0. The van der Waals surface area contributed by atoms with Gasteiger partial charge < -0.3 is 4.18 Å². The van der Waals surface area contributed by atoms with Gasteiger partial charge in [0, 0.05) is 0 Å². The van der Waals surface area contributed by atoms with E-state index in [1.807, 2.05) is 6.92 Å². The van der Waals surface area contributed by atoms with Crippen molar-refractivity contribution in [1.29, 1.82) is 0 Å². The van der Waals surface area contributed by atoms with Crippen molar-refractivity contribution >= 4 is 10.1 Å². The molecule has 0 amide bonds. The van der Waals surface area contributed by atoms with Crippen molar-refractivity contribution in [2.45, 2.75) is 26.2 Å². The summed E-state index contributed by atoms with van der Waals surface area (Å²) in [6, 6.07) is 9.20. The number of unbranched alkanes of at least 4 members (excludes halogenated alkanes) is 2. The molecule has 1 aromatic carbocycles. The van der Waals surface area contributed by atoms with Crippen LogP contribution in [0.4, 0.5) is 0 Å². The van der Waals surface area contributed by atoms with Gasteiger partial charge >= 0.3 is 10.1 Å². The molecule has 83 valence electrons. The average Bonchev–Trinajstić information content (AvgIpc) is 2.18. The maximum atomic E-state index is 11.4. The molecule has 0 heterocycles. The second-order valence-corrected chi connectivity index (χ2v) is 4.98. The molecule has 1 rings (SSSR count). The molecule has 0 spiro atoms. The SMILES string of the molecule is CCCCCS(=O)(=O)Oc1cc[c]cc1. The predicted octanol–water partition coefficient (Wildman–Crippen LogP) is 2.39. The molecule has 15 heavy (non-hydrogen) atoms. The zero-order valence-corrected chi connectivity index (χ0v) is 9.59. The summed E-state index contributed by atoms with van der Waals surface area (Å²) in [6.07, 6.45) is 2.55. The van der Waals surface area contributed by atoms with Gasteiger partial charge in [-0.15, -0.1) is 0 Å². The Bertz CT molecular complexity index is 370. The number of hydrogen-bond acceptors (Lipinski definition) is 3. The van der Waals surface area contributed by atoms with Gasteiger partial charge in [0.25, 0.3) is 0 Å². The minimum Gasteiger partial charge on any atom is -0.382 e. The van der Waals surface area contributed by atoms with Gasteiger partial charge in [-0.1, -0.05) is 31.9 Å². The van der Waals surface area contributed by atoms with Crippen LogP contribution in [0.5, 0.6) is 5.75 Å². The highest BCUT2D eigenvalue weighted by atomic mass is 32.2. The third kappa shape index (κ3) is 4.83. The van der Waals surface area contributed by atoms with Crippen molar-refractivity contribution in [2.75, 3.05) is 5.75 Å². The second-order valence-electron chi connectivity index (χ2n) is 3.29. The van der Waals surface area contributed by atoms with Crippen LogP contribution >= 0.6 is 0 Å². The van der Waals surface area contributed by atoms with E-state index in [4.69, 9.17) is 4.18 Å². The van der Waals surface area contributed by atoms with E-state index < -0.39 is 10.1 Å². The van der Waals surface area contributed by atoms with Crippen molar-refractivity contribution in [3.05, 3.63) is 30.3 Å². The lowest BCUT2D eigenvalue weighted by atomic mass is 10.3. The second kappa shape index (κ2) is 5.75. The lowest BCUT2D eigenvalue weighted by Crippen LogP contribution is -2.13. The molecule has 0 aliphatic rings. The maximum Gasteiger partial charge on any atom is 0.309 e. The van der Waals surface area contributed by atoms with E-state index in [-0.39, 0.29) is 5.75 Å². The molecular formula is C11H15O3S. The molecule has 0 saturated heterocycles. The van der Waals surface area contributed by atoms with Crippen LogP contribution in [0.1, 0.15) is 26.2 Å². The smallest absolute Gasteiger partial charge is 0.309 e. The summed E-state index contributed by atoms with van der Waals surface area (Å²) in [5, 5.41) is 0. The summed E-state index contributed by atoms with van der Waals surface area (Å²) < 4.78 is 27.8. The highest BCUT2D eigenvalue weighted by Crippen LogP contribution is 2.12. The van der Waals surface area contributed by atoms with E-state index >= 15 is 0 Å². The molecule has 0 saturated carbocycles. The highest BCUT2D eigenvalue weighted by Gasteiger charge is 2.11. The summed E-state index contributed by atoms with van der Waals surface area (Å²) in [7, 11) is -3.42. The monoisotopic (exact) mass is 227 g/mol. The molecule has 4 heteroatoms. The Morgan fingerprint density at radius 1 is 1.27 bits per heavy atom. The normalized spacial score (nSPS) is 11.3. The molecule has 0 bridgehead atoms. The first kappa shape index (κ1) is 12.0. The van der Waals surface area contributed by atoms with E-state index in [0.717, 1.165) is 12.8 Å². The van der Waals surface area contributed by atoms with Gasteiger partial charge in [0.15, 0.2) is 0 Å². The van der Waals surface area contributed by atoms with Crippen LogP contribution in [-0.4, -0.2) is 14.2 Å². The van der Waals surface area contributed by atoms with E-state index in [2.05, 4.69) is 6.07 Å². The molecule has 1 radical (unpaired) electrons. The molecule has 0 aliphatic heterocycles. The van der Waals surface area contributed by atoms with Gasteiger partial charge in [-0.05, 0) is 24.6 Å². The third-order valence-electron chi connectivity index (χ3n) is 1.91. The first-order valence-corrected chi connectivity index (χ1v) is 6.60. The van der Waals surface area contributed by atoms with E-state index in [9.17, 15) is 8.42 Å². The van der Waals surface area contributed by atoms with Crippen LogP contribution in [-0.2, 0) is 10.1 Å². The van der Waals surface area contributed by atoms with Crippen LogP contribution in [0.2, 0.25) is 0 Å². The Kier molecular flexibility index (Phi) is 4.62. The standard InChI is InChI=1S/C11H15O3S/c1-2-3-7-10-15(12,13)14-11-8-5-4-6-9-11/h5-6,8-9H,2-3,7,10H2,1H3. The number of rotatable bonds is 6. The molecule has 3 nitrogen and oxygen atoms in total. The third-order valence-corrected chi connectivity index (χ3v) is 3.14. The predicted molar refractivity (Wildman–Crippen MR) is 59.2 cm³/mol. The molecule has 0 aliphatic carbocycles. The zero-order valence-electron chi connectivity index (χ0n) is 8.77. The Balaban J connectivity index is 2.50. The fraction of sp³-hybridized carbons (Fsp3) is 0.455. The van der Waals surface area contributed by atoms with E-state index in [1.165, 1.54) is 0 Å². The van der Waals surface area contributed by atoms with Crippen molar-refractivity contribution in [3.63, 3.8) is 0 Å². The van der Waals surface area contributed by atoms with Gasteiger partial charge in [0.1, 0.15) is 5.75 Å². The average molecular weight is 227 g/mol. The Morgan fingerprint density at radius 2 is 1.93 bits per heavy atom. The Hall–Kier alpha value is -1.03. The largest absolute Gasteiger partial charge is 0.382 e. The summed E-state index contributed by atoms with van der Waals surface area (Å²) in [5.74, 6) is 0.435. The van der Waals surface area contributed by atoms with Crippen molar-refractivity contribution in [3.8, 4) is 5.75 Å². The molecular weight excluding hydrogens is 212 g/mol. The Morgan fingerprint density at radius 3 is 2.53 bits per heavy atom. The number of benzene rings is 1. The first-order valence-electron chi connectivity index (χ1n) is 5.02. The first-order chi connectivity index (χ1) is 7.14. The molecule has 0 aromatic heterocycles. The summed E-state index contributed by atoms with van der Waals surface area (Å²) in [6.45, 7) is 2.03. The van der Waals surface area contributed by atoms with Gasteiger partial charge in [-0.25, -0.2) is 0 Å². The van der Waals surface area contributed by atoms with Crippen LogP contribution in [0, 0.1) is 6.07 Å².